The van der Waals surface area contributed by atoms with Crippen LogP contribution in [0.5, 0.6) is 0 Å². The van der Waals surface area contributed by atoms with Crippen LogP contribution in [0.4, 0.5) is 0 Å². The highest BCUT2D eigenvalue weighted by molar-refractivity contribution is 7.26. The number of hydrogen-bond acceptors (Lipinski definition) is 2. The van der Waals surface area contributed by atoms with Gasteiger partial charge in [-0.25, -0.2) is 0 Å². The Hall–Kier alpha value is -6.22. The lowest BCUT2D eigenvalue weighted by Gasteiger charge is -2.18. The molecule has 232 valence electrons. The molecule has 0 fully saturated rings. The van der Waals surface area contributed by atoms with Gasteiger partial charge in [-0.15, -0.1) is 11.3 Å². The van der Waals surface area contributed by atoms with Crippen LogP contribution in [0.15, 0.2) is 174 Å². The SMILES string of the molecule is c1ccc(-c2c3ccccc3c(-c3cccc(-c4ccc5sc6ccc7ccc8c9ccccc9oc8c7c6c5c4)c3)c3ccccc23)cc1. The Morgan fingerprint density at radius 3 is 1.68 bits per heavy atom. The zero-order chi connectivity index (χ0) is 32.8. The van der Waals surface area contributed by atoms with Crippen molar-refractivity contribution in [2.24, 2.45) is 0 Å². The summed E-state index contributed by atoms with van der Waals surface area (Å²) in [5.41, 5.74) is 9.35. The molecule has 0 unspecified atom stereocenters. The fourth-order valence-electron chi connectivity index (χ4n) is 8.25. The van der Waals surface area contributed by atoms with E-state index in [0.717, 1.165) is 16.6 Å². The average molecular weight is 653 g/mol. The van der Waals surface area contributed by atoms with Crippen LogP contribution in [0.1, 0.15) is 0 Å². The van der Waals surface area contributed by atoms with E-state index < -0.39 is 0 Å². The summed E-state index contributed by atoms with van der Waals surface area (Å²) in [6.45, 7) is 0. The van der Waals surface area contributed by atoms with Crippen molar-refractivity contribution < 1.29 is 4.42 Å². The quantitative estimate of drug-likeness (QED) is 0.173. The van der Waals surface area contributed by atoms with E-state index in [1.807, 2.05) is 17.4 Å². The van der Waals surface area contributed by atoms with Crippen LogP contribution in [-0.2, 0) is 0 Å². The molecule has 0 aliphatic carbocycles. The molecule has 11 rings (SSSR count). The van der Waals surface area contributed by atoms with Crippen LogP contribution >= 0.6 is 11.3 Å². The average Bonchev–Trinajstić information content (AvgIpc) is 3.75. The number of fused-ring (bicyclic) bond motifs is 11. The molecule has 1 nitrogen and oxygen atoms in total. The van der Waals surface area contributed by atoms with Gasteiger partial charge in [-0.05, 0) is 96.7 Å². The third kappa shape index (κ3) is 4.00. The van der Waals surface area contributed by atoms with E-state index in [0.29, 0.717) is 0 Å². The van der Waals surface area contributed by atoms with Crippen molar-refractivity contribution in [2.45, 2.75) is 0 Å². The maximum Gasteiger partial charge on any atom is 0.143 e. The van der Waals surface area contributed by atoms with E-state index in [4.69, 9.17) is 4.42 Å². The summed E-state index contributed by atoms with van der Waals surface area (Å²) < 4.78 is 9.15. The molecule has 0 saturated heterocycles. The summed E-state index contributed by atoms with van der Waals surface area (Å²) in [5, 5.41) is 12.4. The molecule has 2 heteroatoms. The number of rotatable bonds is 3. The lowest BCUT2D eigenvalue weighted by Crippen LogP contribution is -1.91. The summed E-state index contributed by atoms with van der Waals surface area (Å²) in [6.07, 6.45) is 0. The second kappa shape index (κ2) is 10.6. The minimum atomic E-state index is 0.931. The number of benzene rings is 9. The van der Waals surface area contributed by atoms with E-state index in [-0.39, 0.29) is 0 Å². The Balaban J connectivity index is 1.15. The molecule has 0 spiro atoms. The van der Waals surface area contributed by atoms with Crippen LogP contribution < -0.4 is 0 Å². The van der Waals surface area contributed by atoms with Crippen molar-refractivity contribution in [1.82, 2.24) is 0 Å². The van der Waals surface area contributed by atoms with Gasteiger partial charge in [0.25, 0.3) is 0 Å². The zero-order valence-electron chi connectivity index (χ0n) is 27.0. The number of thiophene rings is 1. The molecule has 0 radical (unpaired) electrons. The van der Waals surface area contributed by atoms with E-state index in [1.54, 1.807) is 0 Å². The summed E-state index contributed by atoms with van der Waals surface area (Å²) >= 11 is 1.86. The van der Waals surface area contributed by atoms with Gasteiger partial charge in [0.05, 0.1) is 0 Å². The number of hydrogen-bond donors (Lipinski definition) is 0. The van der Waals surface area contributed by atoms with Crippen molar-refractivity contribution in [1.29, 1.82) is 0 Å². The van der Waals surface area contributed by atoms with E-state index >= 15 is 0 Å². The molecular formula is C48H28OS. The monoisotopic (exact) mass is 652 g/mol. The van der Waals surface area contributed by atoms with Gasteiger partial charge in [0.2, 0.25) is 0 Å². The van der Waals surface area contributed by atoms with Gasteiger partial charge in [-0.2, -0.15) is 0 Å². The smallest absolute Gasteiger partial charge is 0.143 e. The lowest BCUT2D eigenvalue weighted by molar-refractivity contribution is 0.673. The molecule has 2 heterocycles. The second-order valence-corrected chi connectivity index (χ2v) is 14.3. The fourth-order valence-corrected chi connectivity index (χ4v) is 9.34. The highest BCUT2D eigenvalue weighted by atomic mass is 32.1. The molecule has 11 aromatic rings. The van der Waals surface area contributed by atoms with E-state index in [1.165, 1.54) is 91.3 Å². The molecule has 0 atom stereocenters. The zero-order valence-corrected chi connectivity index (χ0v) is 27.8. The van der Waals surface area contributed by atoms with Crippen molar-refractivity contribution >= 4 is 85.8 Å². The van der Waals surface area contributed by atoms with E-state index in [9.17, 15) is 0 Å². The largest absolute Gasteiger partial charge is 0.455 e. The first-order chi connectivity index (χ1) is 24.8. The van der Waals surface area contributed by atoms with Crippen molar-refractivity contribution in [2.75, 3.05) is 0 Å². The summed E-state index contributed by atoms with van der Waals surface area (Å²) in [5.74, 6) is 0. The third-order valence-corrected chi connectivity index (χ3v) is 11.6. The standard InChI is InChI=1S/C48H28OS/c1-2-11-29(12-3-1)44-35-16-4-6-18-37(35)45(38-19-7-5-17-36(38)44)33-14-10-13-31(27-33)32-23-25-42-40(28-32)47-43(50-42)26-22-30-21-24-39-34-15-8-9-20-41(34)49-48(39)46(30)47/h1-28H. The molecule has 50 heavy (non-hydrogen) atoms. The molecule has 0 aliphatic heterocycles. The predicted octanol–water partition coefficient (Wildman–Crippen LogP) is 14.4. The lowest BCUT2D eigenvalue weighted by atomic mass is 9.85. The Morgan fingerprint density at radius 1 is 0.340 bits per heavy atom. The normalized spacial score (nSPS) is 12.0. The molecule has 0 bridgehead atoms. The maximum atomic E-state index is 6.58. The van der Waals surface area contributed by atoms with Crippen LogP contribution in [0.2, 0.25) is 0 Å². The van der Waals surface area contributed by atoms with E-state index in [2.05, 4.69) is 164 Å². The molecule has 0 N–H and O–H groups in total. The first-order valence-electron chi connectivity index (χ1n) is 17.1. The molecular weight excluding hydrogens is 625 g/mol. The van der Waals surface area contributed by atoms with Crippen LogP contribution in [0.3, 0.4) is 0 Å². The minimum absolute atomic E-state index is 0.931. The van der Waals surface area contributed by atoms with Gasteiger partial charge < -0.3 is 4.42 Å². The molecule has 0 amide bonds. The Bertz CT molecular complexity index is 3090. The predicted molar refractivity (Wildman–Crippen MR) is 215 cm³/mol. The summed E-state index contributed by atoms with van der Waals surface area (Å²) in [4.78, 5) is 0. The topological polar surface area (TPSA) is 13.1 Å². The number of para-hydroxylation sites is 1. The Labute approximate surface area is 292 Å². The first kappa shape index (κ1) is 27.7. The molecule has 2 aromatic heterocycles. The summed E-state index contributed by atoms with van der Waals surface area (Å²) in [7, 11) is 0. The minimum Gasteiger partial charge on any atom is -0.455 e. The van der Waals surface area contributed by atoms with Gasteiger partial charge >= 0.3 is 0 Å². The highest BCUT2D eigenvalue weighted by Crippen LogP contribution is 2.46. The van der Waals surface area contributed by atoms with Gasteiger partial charge in [0.1, 0.15) is 11.2 Å². The third-order valence-electron chi connectivity index (χ3n) is 10.4. The fraction of sp³-hybridized carbons (Fsp3) is 0. The van der Waals surface area contributed by atoms with Crippen molar-refractivity contribution in [3.63, 3.8) is 0 Å². The first-order valence-corrected chi connectivity index (χ1v) is 17.9. The van der Waals surface area contributed by atoms with Crippen LogP contribution in [0.25, 0.3) is 108 Å². The van der Waals surface area contributed by atoms with Crippen LogP contribution in [-0.4, -0.2) is 0 Å². The van der Waals surface area contributed by atoms with Crippen LogP contribution in [0, 0.1) is 0 Å². The maximum absolute atomic E-state index is 6.58. The summed E-state index contributed by atoms with van der Waals surface area (Å²) in [6, 6.07) is 62.0. The second-order valence-electron chi connectivity index (χ2n) is 13.2. The highest BCUT2D eigenvalue weighted by Gasteiger charge is 2.19. The molecule has 0 aliphatic rings. The Morgan fingerprint density at radius 2 is 0.920 bits per heavy atom. The van der Waals surface area contributed by atoms with Gasteiger partial charge in [0.15, 0.2) is 0 Å². The van der Waals surface area contributed by atoms with Gasteiger partial charge in [0, 0.05) is 36.3 Å². The Kier molecular flexibility index (Phi) is 5.89. The van der Waals surface area contributed by atoms with Gasteiger partial charge in [-0.3, -0.25) is 0 Å². The molecule has 9 aromatic carbocycles. The van der Waals surface area contributed by atoms with Crippen molar-refractivity contribution in [3.8, 4) is 33.4 Å². The van der Waals surface area contributed by atoms with Gasteiger partial charge in [-0.1, -0.05) is 133 Å². The number of furan rings is 1. The molecule has 0 saturated carbocycles. The van der Waals surface area contributed by atoms with Crippen molar-refractivity contribution in [3.05, 3.63) is 170 Å².